The number of allylic oxidation sites excluding steroid dienone is 2. The van der Waals surface area contributed by atoms with Crippen LogP contribution in [0.15, 0.2) is 48.0 Å². The van der Waals surface area contributed by atoms with Crippen molar-refractivity contribution in [3.05, 3.63) is 70.8 Å². The van der Waals surface area contributed by atoms with E-state index in [1.54, 1.807) is 18.2 Å². The summed E-state index contributed by atoms with van der Waals surface area (Å²) in [4.78, 5) is 0. The summed E-state index contributed by atoms with van der Waals surface area (Å²) < 4.78 is 27.6. The Morgan fingerprint density at radius 2 is 1.71 bits per heavy atom. The maximum Gasteiger partial charge on any atom is 0.131 e. The molecular weight excluding hydrogens is 302 g/mol. The maximum absolute atomic E-state index is 14.5. The number of fused-ring (bicyclic) bond motifs is 1. The molecule has 0 atom stereocenters. The van der Waals surface area contributed by atoms with Crippen LogP contribution in [-0.2, 0) is 12.8 Å². The van der Waals surface area contributed by atoms with Gasteiger partial charge >= 0.3 is 0 Å². The molecule has 0 saturated heterocycles. The van der Waals surface area contributed by atoms with Gasteiger partial charge in [-0.1, -0.05) is 50.0 Å². The summed E-state index contributed by atoms with van der Waals surface area (Å²) >= 11 is 0. The Labute approximate surface area is 143 Å². The molecule has 0 amide bonds. The molecule has 0 bridgehead atoms. The van der Waals surface area contributed by atoms with E-state index in [2.05, 4.69) is 13.0 Å². The van der Waals surface area contributed by atoms with Crippen LogP contribution in [0.2, 0.25) is 0 Å². The van der Waals surface area contributed by atoms with Crippen molar-refractivity contribution in [2.75, 3.05) is 0 Å². The van der Waals surface area contributed by atoms with Gasteiger partial charge in [-0.3, -0.25) is 0 Å². The first-order valence-corrected chi connectivity index (χ1v) is 8.92. The Morgan fingerprint density at radius 3 is 2.46 bits per heavy atom. The van der Waals surface area contributed by atoms with Crippen molar-refractivity contribution in [3.63, 3.8) is 0 Å². The fourth-order valence-electron chi connectivity index (χ4n) is 3.40. The summed E-state index contributed by atoms with van der Waals surface area (Å²) in [5, 5.41) is 0. The summed E-state index contributed by atoms with van der Waals surface area (Å²) in [5.41, 5.74) is 5.02. The fraction of sp³-hybridized carbons (Fsp3) is 0.364. The number of benzene rings is 2. The quantitative estimate of drug-likeness (QED) is 0.413. The molecule has 1 aliphatic carbocycles. The average Bonchev–Trinajstić information content (AvgIpc) is 2.59. The predicted octanol–water partition coefficient (Wildman–Crippen LogP) is 6.63. The topological polar surface area (TPSA) is 0 Å². The van der Waals surface area contributed by atoms with Gasteiger partial charge in [-0.25, -0.2) is 8.78 Å². The zero-order chi connectivity index (χ0) is 16.9. The minimum Gasteiger partial charge on any atom is -0.207 e. The summed E-state index contributed by atoms with van der Waals surface area (Å²) in [6.45, 7) is 2.22. The van der Waals surface area contributed by atoms with Gasteiger partial charge in [0.05, 0.1) is 0 Å². The smallest absolute Gasteiger partial charge is 0.131 e. The molecule has 0 nitrogen and oxygen atoms in total. The highest BCUT2D eigenvalue weighted by Gasteiger charge is 2.15. The second-order valence-electron chi connectivity index (χ2n) is 6.66. The van der Waals surface area contributed by atoms with Crippen molar-refractivity contribution >= 4 is 0 Å². The van der Waals surface area contributed by atoms with Gasteiger partial charge in [0.25, 0.3) is 0 Å². The van der Waals surface area contributed by atoms with Crippen LogP contribution < -0.4 is 0 Å². The van der Waals surface area contributed by atoms with Crippen LogP contribution in [-0.4, -0.2) is 0 Å². The zero-order valence-corrected chi connectivity index (χ0v) is 14.2. The van der Waals surface area contributed by atoms with Crippen molar-refractivity contribution in [1.82, 2.24) is 0 Å². The molecule has 0 spiro atoms. The molecule has 0 fully saturated rings. The third kappa shape index (κ3) is 3.92. The van der Waals surface area contributed by atoms with Crippen LogP contribution in [0.3, 0.4) is 0 Å². The molecule has 0 heterocycles. The van der Waals surface area contributed by atoms with E-state index in [0.29, 0.717) is 5.56 Å². The van der Waals surface area contributed by atoms with Gasteiger partial charge in [0.15, 0.2) is 0 Å². The van der Waals surface area contributed by atoms with Crippen molar-refractivity contribution < 1.29 is 8.78 Å². The van der Waals surface area contributed by atoms with Crippen molar-refractivity contribution in [3.8, 4) is 11.1 Å². The minimum atomic E-state index is -0.298. The van der Waals surface area contributed by atoms with E-state index in [0.717, 1.165) is 30.4 Å². The van der Waals surface area contributed by atoms with Crippen LogP contribution in [0.1, 0.15) is 50.2 Å². The summed E-state index contributed by atoms with van der Waals surface area (Å²) in [7, 11) is 0. The van der Waals surface area contributed by atoms with Gasteiger partial charge in [-0.2, -0.15) is 0 Å². The third-order valence-electron chi connectivity index (χ3n) is 4.82. The molecule has 0 N–H and O–H groups in total. The number of hydrogen-bond donors (Lipinski definition) is 0. The second kappa shape index (κ2) is 7.74. The van der Waals surface area contributed by atoms with Gasteiger partial charge in [-0.05, 0) is 66.6 Å². The molecule has 2 aromatic carbocycles. The Morgan fingerprint density at radius 1 is 0.917 bits per heavy atom. The molecule has 0 aliphatic heterocycles. The predicted molar refractivity (Wildman–Crippen MR) is 96.0 cm³/mol. The average molecular weight is 326 g/mol. The molecule has 2 heteroatoms. The van der Waals surface area contributed by atoms with Crippen LogP contribution in [0, 0.1) is 11.6 Å². The third-order valence-corrected chi connectivity index (χ3v) is 4.82. The molecule has 0 saturated carbocycles. The molecule has 126 valence electrons. The first-order valence-electron chi connectivity index (χ1n) is 8.92. The SMILES string of the molecule is CCCCCCC1=CCc2cc(-c3ccc(F)cc3)c(F)cc2C1. The van der Waals surface area contributed by atoms with E-state index < -0.39 is 0 Å². The molecule has 3 rings (SSSR count). The molecule has 0 radical (unpaired) electrons. The first kappa shape index (κ1) is 16.9. The number of unbranched alkanes of at least 4 members (excludes halogenated alkanes) is 3. The van der Waals surface area contributed by atoms with E-state index in [1.807, 2.05) is 6.07 Å². The Hall–Kier alpha value is -1.96. The molecule has 0 unspecified atom stereocenters. The Kier molecular flexibility index (Phi) is 5.44. The summed E-state index contributed by atoms with van der Waals surface area (Å²) in [6, 6.07) is 9.64. The lowest BCUT2D eigenvalue weighted by atomic mass is 9.87. The Bertz CT molecular complexity index is 726. The Balaban J connectivity index is 1.75. The first-order chi connectivity index (χ1) is 11.7. The summed E-state index contributed by atoms with van der Waals surface area (Å²) in [6.07, 6.45) is 10.2. The van der Waals surface area contributed by atoms with Crippen molar-refractivity contribution in [1.29, 1.82) is 0 Å². The highest BCUT2D eigenvalue weighted by atomic mass is 19.1. The van der Waals surface area contributed by atoms with Crippen LogP contribution in [0.25, 0.3) is 11.1 Å². The lowest BCUT2D eigenvalue weighted by molar-refractivity contribution is 0.623. The van der Waals surface area contributed by atoms with Crippen LogP contribution in [0.5, 0.6) is 0 Å². The van der Waals surface area contributed by atoms with Gasteiger partial charge in [0, 0.05) is 5.56 Å². The van der Waals surface area contributed by atoms with E-state index in [-0.39, 0.29) is 11.6 Å². The molecule has 24 heavy (non-hydrogen) atoms. The van der Waals surface area contributed by atoms with Crippen LogP contribution >= 0.6 is 0 Å². The van der Waals surface area contributed by atoms with Gasteiger partial charge < -0.3 is 0 Å². The molecule has 2 aromatic rings. The largest absolute Gasteiger partial charge is 0.207 e. The minimum absolute atomic E-state index is 0.215. The molecular formula is C22H24F2. The normalized spacial score (nSPS) is 13.5. The summed E-state index contributed by atoms with van der Waals surface area (Å²) in [5.74, 6) is -0.514. The van der Waals surface area contributed by atoms with Gasteiger partial charge in [-0.15, -0.1) is 0 Å². The fourth-order valence-corrected chi connectivity index (χ4v) is 3.40. The van der Waals surface area contributed by atoms with Crippen LogP contribution in [0.4, 0.5) is 8.78 Å². The lowest BCUT2D eigenvalue weighted by Gasteiger charge is -2.19. The van der Waals surface area contributed by atoms with E-state index >= 15 is 0 Å². The lowest BCUT2D eigenvalue weighted by Crippen LogP contribution is -2.05. The monoisotopic (exact) mass is 326 g/mol. The number of rotatable bonds is 6. The standard InChI is InChI=1S/C22H24F2/c1-2-3-4-5-6-16-7-8-18-14-21(22(24)15-19(18)13-16)17-9-11-20(23)12-10-17/h7,9-12,14-15H,2-6,8,13H2,1H3. The highest BCUT2D eigenvalue weighted by molar-refractivity contribution is 5.66. The van der Waals surface area contributed by atoms with E-state index in [4.69, 9.17) is 0 Å². The van der Waals surface area contributed by atoms with E-state index in [9.17, 15) is 8.78 Å². The van der Waals surface area contributed by atoms with Gasteiger partial charge in [0.1, 0.15) is 11.6 Å². The van der Waals surface area contributed by atoms with Crippen molar-refractivity contribution in [2.24, 2.45) is 0 Å². The maximum atomic E-state index is 14.5. The number of hydrogen-bond acceptors (Lipinski definition) is 0. The molecule has 1 aliphatic rings. The molecule has 0 aromatic heterocycles. The van der Waals surface area contributed by atoms with E-state index in [1.165, 1.54) is 49.0 Å². The van der Waals surface area contributed by atoms with Gasteiger partial charge in [0.2, 0.25) is 0 Å². The second-order valence-corrected chi connectivity index (χ2v) is 6.66. The zero-order valence-electron chi connectivity index (χ0n) is 14.2. The number of halogens is 2. The van der Waals surface area contributed by atoms with Crippen molar-refractivity contribution in [2.45, 2.75) is 51.9 Å². The highest BCUT2D eigenvalue weighted by Crippen LogP contribution is 2.31.